The fraction of sp³-hybridized carbons (Fsp3) is 0.429. The second-order valence-electron chi connectivity index (χ2n) is 2.90. The summed E-state index contributed by atoms with van der Waals surface area (Å²) in [4.78, 5) is 21.5. The van der Waals surface area contributed by atoms with Crippen LogP contribution in [-0.4, -0.2) is 30.9 Å². The average molecular weight is 198 g/mol. The summed E-state index contributed by atoms with van der Waals surface area (Å²) in [6, 6.07) is -0.102. The van der Waals surface area contributed by atoms with Crippen LogP contribution in [0.15, 0.2) is 10.9 Å². The summed E-state index contributed by atoms with van der Waals surface area (Å²) in [5.41, 5.74) is -0.461. The second-order valence-corrected chi connectivity index (χ2v) is 2.90. The molecule has 0 aliphatic carbocycles. The molecule has 0 amide bonds. The molecule has 0 fully saturated rings. The topological polar surface area (TPSA) is 90.0 Å². The molecule has 14 heavy (non-hydrogen) atoms. The molecular weight excluding hydrogens is 188 g/mol. The molecular formula is C7H10N4O3. The molecule has 7 nitrogen and oxygen atoms in total. The van der Waals surface area contributed by atoms with Crippen LogP contribution in [-0.2, 0) is 4.79 Å². The summed E-state index contributed by atoms with van der Waals surface area (Å²) in [5, 5.41) is 15.4. The third-order valence-electron chi connectivity index (χ3n) is 1.47. The average Bonchev–Trinajstić information content (AvgIpc) is 2.43. The van der Waals surface area contributed by atoms with E-state index in [0.29, 0.717) is 0 Å². The monoisotopic (exact) mass is 198 g/mol. The standard InChI is InChI=1S/C7H10N4O3/c1-5(2)11-7(14)10(8-9-11)4-3-6(12)13/h3-5H,1-2H3,(H,12,13)/b4-3+. The Hall–Kier alpha value is -1.92. The van der Waals surface area contributed by atoms with Crippen molar-refractivity contribution in [2.75, 3.05) is 0 Å². The van der Waals surface area contributed by atoms with Crippen molar-refractivity contribution >= 4 is 12.2 Å². The zero-order valence-electron chi connectivity index (χ0n) is 7.78. The molecule has 1 heterocycles. The number of tetrazole rings is 1. The van der Waals surface area contributed by atoms with Crippen LogP contribution in [0.25, 0.3) is 6.20 Å². The lowest BCUT2D eigenvalue weighted by atomic mass is 10.4. The van der Waals surface area contributed by atoms with Crippen LogP contribution in [0.2, 0.25) is 0 Å². The number of carbonyl (C=O) groups is 1. The van der Waals surface area contributed by atoms with Crippen LogP contribution in [0.1, 0.15) is 19.9 Å². The Bertz CT molecular complexity index is 415. The lowest BCUT2D eigenvalue weighted by molar-refractivity contribution is -0.131. The molecule has 0 atom stereocenters. The molecule has 0 aliphatic rings. The third-order valence-corrected chi connectivity index (χ3v) is 1.47. The Kier molecular flexibility index (Phi) is 2.80. The smallest absolute Gasteiger partial charge is 0.368 e. The molecule has 0 saturated heterocycles. The molecule has 0 spiro atoms. The highest BCUT2D eigenvalue weighted by atomic mass is 16.4. The van der Waals surface area contributed by atoms with E-state index in [4.69, 9.17) is 5.11 Å². The van der Waals surface area contributed by atoms with Gasteiger partial charge >= 0.3 is 11.7 Å². The van der Waals surface area contributed by atoms with E-state index in [-0.39, 0.29) is 6.04 Å². The Morgan fingerprint density at radius 1 is 1.50 bits per heavy atom. The zero-order chi connectivity index (χ0) is 10.7. The van der Waals surface area contributed by atoms with Crippen LogP contribution in [0.4, 0.5) is 0 Å². The minimum Gasteiger partial charge on any atom is -0.478 e. The summed E-state index contributed by atoms with van der Waals surface area (Å²) < 4.78 is 2.03. The van der Waals surface area contributed by atoms with E-state index in [0.717, 1.165) is 21.6 Å². The first-order valence-electron chi connectivity index (χ1n) is 3.97. The number of hydrogen-bond acceptors (Lipinski definition) is 4. The van der Waals surface area contributed by atoms with Crippen molar-refractivity contribution in [3.8, 4) is 0 Å². The van der Waals surface area contributed by atoms with Gasteiger partial charge in [0.05, 0.1) is 6.04 Å². The summed E-state index contributed by atoms with van der Waals surface area (Å²) in [5.74, 6) is -1.14. The predicted octanol–water partition coefficient (Wildman–Crippen LogP) is -0.424. The van der Waals surface area contributed by atoms with Crippen molar-refractivity contribution in [2.24, 2.45) is 0 Å². The van der Waals surface area contributed by atoms with Gasteiger partial charge in [0.25, 0.3) is 0 Å². The molecule has 1 rings (SSSR count). The van der Waals surface area contributed by atoms with Gasteiger partial charge in [-0.05, 0) is 24.3 Å². The maximum absolute atomic E-state index is 11.4. The minimum atomic E-state index is -1.14. The van der Waals surface area contributed by atoms with Crippen molar-refractivity contribution in [3.05, 3.63) is 16.6 Å². The maximum atomic E-state index is 11.4. The van der Waals surface area contributed by atoms with Crippen molar-refractivity contribution < 1.29 is 9.90 Å². The normalized spacial score (nSPS) is 11.4. The quantitative estimate of drug-likeness (QED) is 0.666. The molecule has 7 heteroatoms. The van der Waals surface area contributed by atoms with Gasteiger partial charge in [0, 0.05) is 12.3 Å². The van der Waals surface area contributed by atoms with Gasteiger partial charge in [0.1, 0.15) is 0 Å². The summed E-state index contributed by atoms with van der Waals surface area (Å²) in [6.45, 7) is 3.56. The lowest BCUT2D eigenvalue weighted by Gasteiger charge is -1.98. The maximum Gasteiger partial charge on any atom is 0.368 e. The summed E-state index contributed by atoms with van der Waals surface area (Å²) >= 11 is 0. The molecule has 1 N–H and O–H groups in total. The number of carboxylic acid groups (broad SMARTS) is 1. The predicted molar refractivity (Wildman–Crippen MR) is 47.6 cm³/mol. The van der Waals surface area contributed by atoms with Crippen molar-refractivity contribution in [1.29, 1.82) is 0 Å². The summed E-state index contributed by atoms with van der Waals surface area (Å²) in [7, 11) is 0. The first kappa shape index (κ1) is 10.2. The van der Waals surface area contributed by atoms with E-state index in [1.165, 1.54) is 0 Å². The van der Waals surface area contributed by atoms with Gasteiger partial charge in [-0.15, -0.1) is 0 Å². The van der Waals surface area contributed by atoms with Crippen molar-refractivity contribution in [1.82, 2.24) is 19.8 Å². The van der Waals surface area contributed by atoms with Crippen LogP contribution in [0, 0.1) is 0 Å². The first-order chi connectivity index (χ1) is 6.52. The number of nitrogens with zero attached hydrogens (tertiary/aromatic N) is 4. The fourth-order valence-corrected chi connectivity index (χ4v) is 0.820. The van der Waals surface area contributed by atoms with Crippen LogP contribution >= 0.6 is 0 Å². The van der Waals surface area contributed by atoms with Gasteiger partial charge in [-0.25, -0.2) is 9.59 Å². The number of rotatable bonds is 3. The molecule has 1 aromatic rings. The van der Waals surface area contributed by atoms with Crippen LogP contribution in [0.3, 0.4) is 0 Å². The number of hydrogen-bond donors (Lipinski definition) is 1. The van der Waals surface area contributed by atoms with E-state index >= 15 is 0 Å². The SMILES string of the molecule is CC(C)n1nnn(/C=C/C(=O)O)c1=O. The second kappa shape index (κ2) is 3.86. The first-order valence-corrected chi connectivity index (χ1v) is 3.97. The van der Waals surface area contributed by atoms with Gasteiger partial charge in [-0.3, -0.25) is 0 Å². The number of carboxylic acids is 1. The Morgan fingerprint density at radius 3 is 2.57 bits per heavy atom. The van der Waals surface area contributed by atoms with Crippen molar-refractivity contribution in [3.63, 3.8) is 0 Å². The van der Waals surface area contributed by atoms with E-state index in [9.17, 15) is 9.59 Å². The number of aliphatic carboxylic acids is 1. The fourth-order valence-electron chi connectivity index (χ4n) is 0.820. The Balaban J connectivity index is 3.02. The van der Waals surface area contributed by atoms with Gasteiger partial charge in [-0.1, -0.05) is 0 Å². The van der Waals surface area contributed by atoms with E-state index in [1.54, 1.807) is 13.8 Å². The highest BCUT2D eigenvalue weighted by molar-refractivity contribution is 5.82. The van der Waals surface area contributed by atoms with E-state index in [2.05, 4.69) is 10.4 Å². The largest absolute Gasteiger partial charge is 0.478 e. The molecule has 1 aromatic heterocycles. The molecule has 0 aliphatic heterocycles. The van der Waals surface area contributed by atoms with E-state index < -0.39 is 11.7 Å². The molecule has 0 radical (unpaired) electrons. The highest BCUT2D eigenvalue weighted by Gasteiger charge is 2.07. The lowest BCUT2D eigenvalue weighted by Crippen LogP contribution is -2.24. The van der Waals surface area contributed by atoms with E-state index in [1.807, 2.05) is 0 Å². The van der Waals surface area contributed by atoms with Gasteiger partial charge in [-0.2, -0.15) is 9.36 Å². The minimum absolute atomic E-state index is 0.102. The third kappa shape index (κ3) is 2.06. The number of aromatic nitrogens is 4. The Morgan fingerprint density at radius 2 is 2.14 bits per heavy atom. The van der Waals surface area contributed by atoms with Gasteiger partial charge < -0.3 is 5.11 Å². The Labute approximate surface area is 79.2 Å². The van der Waals surface area contributed by atoms with Gasteiger partial charge in [0.2, 0.25) is 0 Å². The molecule has 76 valence electrons. The summed E-state index contributed by atoms with van der Waals surface area (Å²) in [6.07, 6.45) is 1.87. The van der Waals surface area contributed by atoms with Gasteiger partial charge in [0.15, 0.2) is 0 Å². The molecule has 0 bridgehead atoms. The van der Waals surface area contributed by atoms with Crippen LogP contribution in [0.5, 0.6) is 0 Å². The van der Waals surface area contributed by atoms with Crippen LogP contribution < -0.4 is 5.69 Å². The van der Waals surface area contributed by atoms with Crippen molar-refractivity contribution in [2.45, 2.75) is 19.9 Å². The molecule has 0 saturated carbocycles. The highest BCUT2D eigenvalue weighted by Crippen LogP contribution is 1.93. The molecule has 0 aromatic carbocycles. The zero-order valence-corrected chi connectivity index (χ0v) is 7.78. The molecule has 0 unspecified atom stereocenters.